The van der Waals surface area contributed by atoms with Crippen molar-refractivity contribution in [3.8, 4) is 0 Å². The minimum absolute atomic E-state index is 0.170. The predicted octanol–water partition coefficient (Wildman–Crippen LogP) is 3.94. The van der Waals surface area contributed by atoms with Crippen molar-refractivity contribution in [1.82, 2.24) is 4.57 Å². The van der Waals surface area contributed by atoms with Crippen LogP contribution in [-0.4, -0.2) is 11.1 Å². The summed E-state index contributed by atoms with van der Waals surface area (Å²) < 4.78 is 15.4. The van der Waals surface area contributed by atoms with Crippen molar-refractivity contribution in [3.63, 3.8) is 0 Å². The Morgan fingerprint density at radius 1 is 1.21 bits per heavy atom. The number of aryl methyl sites for hydroxylation is 1. The quantitative estimate of drug-likeness (QED) is 0.785. The molecule has 0 saturated heterocycles. The molecule has 2 nitrogen and oxygen atoms in total. The molecule has 2 rings (SSSR count). The van der Waals surface area contributed by atoms with Crippen molar-refractivity contribution in [2.24, 2.45) is 11.1 Å². The summed E-state index contributed by atoms with van der Waals surface area (Å²) in [5, 5.41) is 1.10. The molecule has 0 amide bonds. The molecule has 1 heterocycles. The van der Waals surface area contributed by atoms with E-state index in [1.54, 1.807) is 6.07 Å². The third-order valence-electron chi connectivity index (χ3n) is 3.79. The lowest BCUT2D eigenvalue weighted by atomic mass is 9.87. The molecule has 0 saturated carbocycles. The molecule has 0 bridgehead atoms. The maximum absolute atomic E-state index is 13.3. The Kier molecular flexibility index (Phi) is 4.25. The van der Waals surface area contributed by atoms with Gasteiger partial charge in [-0.2, -0.15) is 0 Å². The summed E-state index contributed by atoms with van der Waals surface area (Å²) in [5.41, 5.74) is 6.94. The lowest BCUT2D eigenvalue weighted by molar-refractivity contribution is 0.329. The second-order valence-electron chi connectivity index (χ2n) is 6.04. The fourth-order valence-electron chi connectivity index (χ4n) is 2.34. The number of benzene rings is 1. The summed E-state index contributed by atoms with van der Waals surface area (Å²) >= 11 is 0. The smallest absolute Gasteiger partial charge is 0.125 e. The molecule has 19 heavy (non-hydrogen) atoms. The monoisotopic (exact) mass is 262 g/mol. The number of unbranched alkanes of at least 4 members (excludes halogenated alkanes) is 1. The summed E-state index contributed by atoms with van der Waals surface area (Å²) in [7, 11) is 0. The zero-order valence-electron chi connectivity index (χ0n) is 11.8. The first kappa shape index (κ1) is 14.1. The third-order valence-corrected chi connectivity index (χ3v) is 3.79. The number of fused-ring (bicyclic) bond motifs is 1. The topological polar surface area (TPSA) is 30.9 Å². The fourth-order valence-corrected chi connectivity index (χ4v) is 2.34. The molecule has 0 aliphatic rings. The van der Waals surface area contributed by atoms with E-state index in [-0.39, 0.29) is 11.2 Å². The van der Waals surface area contributed by atoms with E-state index >= 15 is 0 Å². The van der Waals surface area contributed by atoms with Crippen LogP contribution in [0, 0.1) is 11.2 Å². The normalized spacial score (nSPS) is 12.2. The van der Waals surface area contributed by atoms with Crippen molar-refractivity contribution in [2.45, 2.75) is 39.7 Å². The van der Waals surface area contributed by atoms with Gasteiger partial charge in [-0.15, -0.1) is 0 Å². The van der Waals surface area contributed by atoms with E-state index in [2.05, 4.69) is 18.4 Å². The molecule has 0 unspecified atom stereocenters. The number of nitrogens with two attached hydrogens (primary N) is 1. The number of halogens is 1. The van der Waals surface area contributed by atoms with Crippen LogP contribution in [0.1, 0.15) is 33.1 Å². The van der Waals surface area contributed by atoms with Crippen molar-refractivity contribution in [3.05, 3.63) is 36.3 Å². The lowest BCUT2D eigenvalue weighted by Crippen LogP contribution is -2.23. The van der Waals surface area contributed by atoms with Gasteiger partial charge in [0, 0.05) is 12.7 Å². The van der Waals surface area contributed by atoms with Crippen molar-refractivity contribution in [1.29, 1.82) is 0 Å². The number of hydrogen-bond acceptors (Lipinski definition) is 1. The minimum Gasteiger partial charge on any atom is -0.347 e. The summed E-state index contributed by atoms with van der Waals surface area (Å²) in [6.45, 7) is 6.07. The van der Waals surface area contributed by atoms with Crippen molar-refractivity contribution >= 4 is 10.9 Å². The Labute approximate surface area is 114 Å². The molecule has 0 fully saturated rings. The summed E-state index contributed by atoms with van der Waals surface area (Å²) in [6, 6.07) is 6.99. The number of aromatic nitrogens is 1. The predicted molar refractivity (Wildman–Crippen MR) is 78.6 cm³/mol. The minimum atomic E-state index is -0.170. The van der Waals surface area contributed by atoms with Crippen LogP contribution in [0.2, 0.25) is 0 Å². The Bertz CT molecular complexity index is 543. The van der Waals surface area contributed by atoms with E-state index in [1.807, 2.05) is 18.3 Å². The van der Waals surface area contributed by atoms with Gasteiger partial charge in [0.05, 0.1) is 5.52 Å². The first-order valence-electron chi connectivity index (χ1n) is 6.96. The fraction of sp³-hybridized carbons (Fsp3) is 0.500. The highest BCUT2D eigenvalue weighted by Gasteiger charge is 2.14. The van der Waals surface area contributed by atoms with Crippen LogP contribution in [0.4, 0.5) is 4.39 Å². The van der Waals surface area contributed by atoms with Crippen LogP contribution < -0.4 is 5.73 Å². The standard InChI is InChI=1S/C16H23FN2/c1-16(2,12-18)8-3-4-9-19-10-7-13-5-6-14(17)11-15(13)19/h5-7,10-11H,3-4,8-9,12,18H2,1-2H3. The first-order valence-corrected chi connectivity index (χ1v) is 6.96. The van der Waals surface area contributed by atoms with Crippen LogP contribution in [-0.2, 0) is 6.54 Å². The van der Waals surface area contributed by atoms with Gasteiger partial charge < -0.3 is 10.3 Å². The average Bonchev–Trinajstić information content (AvgIpc) is 2.77. The van der Waals surface area contributed by atoms with Gasteiger partial charge in [-0.1, -0.05) is 20.3 Å². The zero-order chi connectivity index (χ0) is 13.9. The van der Waals surface area contributed by atoms with Gasteiger partial charge in [0.2, 0.25) is 0 Å². The third kappa shape index (κ3) is 3.57. The van der Waals surface area contributed by atoms with Crippen LogP contribution in [0.5, 0.6) is 0 Å². The van der Waals surface area contributed by atoms with E-state index in [0.717, 1.165) is 43.3 Å². The summed E-state index contributed by atoms with van der Waals surface area (Å²) in [4.78, 5) is 0. The highest BCUT2D eigenvalue weighted by atomic mass is 19.1. The SMILES string of the molecule is CC(C)(CN)CCCCn1ccc2ccc(F)cc21. The molecule has 0 aliphatic heterocycles. The Balaban J connectivity index is 1.93. The van der Waals surface area contributed by atoms with Crippen LogP contribution in [0.25, 0.3) is 10.9 Å². The highest BCUT2D eigenvalue weighted by Crippen LogP contribution is 2.22. The van der Waals surface area contributed by atoms with E-state index < -0.39 is 0 Å². The molecular formula is C16H23FN2. The molecule has 104 valence electrons. The summed E-state index contributed by atoms with van der Waals surface area (Å²) in [5.74, 6) is -0.170. The molecular weight excluding hydrogens is 239 g/mol. The van der Waals surface area contributed by atoms with Crippen molar-refractivity contribution in [2.75, 3.05) is 6.54 Å². The second kappa shape index (κ2) is 5.74. The average molecular weight is 262 g/mol. The van der Waals surface area contributed by atoms with Crippen LogP contribution in [0.3, 0.4) is 0 Å². The van der Waals surface area contributed by atoms with Gasteiger partial charge in [0.1, 0.15) is 5.82 Å². The lowest BCUT2D eigenvalue weighted by Gasteiger charge is -2.21. The van der Waals surface area contributed by atoms with Crippen molar-refractivity contribution < 1.29 is 4.39 Å². The highest BCUT2D eigenvalue weighted by molar-refractivity contribution is 5.80. The molecule has 0 atom stereocenters. The Morgan fingerprint density at radius 2 is 2.00 bits per heavy atom. The van der Waals surface area contributed by atoms with Gasteiger partial charge in [0.15, 0.2) is 0 Å². The largest absolute Gasteiger partial charge is 0.347 e. The van der Waals surface area contributed by atoms with Gasteiger partial charge in [-0.05, 0) is 54.5 Å². The number of hydrogen-bond donors (Lipinski definition) is 1. The van der Waals surface area contributed by atoms with Gasteiger partial charge in [-0.3, -0.25) is 0 Å². The van der Waals surface area contributed by atoms with E-state index in [1.165, 1.54) is 6.07 Å². The summed E-state index contributed by atoms with van der Waals surface area (Å²) in [6.07, 6.45) is 5.43. The molecule has 0 spiro atoms. The molecule has 0 radical (unpaired) electrons. The maximum atomic E-state index is 13.3. The first-order chi connectivity index (χ1) is 9.02. The molecule has 1 aromatic carbocycles. The molecule has 1 aromatic heterocycles. The molecule has 3 heteroatoms. The van der Waals surface area contributed by atoms with Gasteiger partial charge in [-0.25, -0.2) is 4.39 Å². The van der Waals surface area contributed by atoms with E-state index in [9.17, 15) is 4.39 Å². The van der Waals surface area contributed by atoms with Crippen LogP contribution >= 0.6 is 0 Å². The second-order valence-corrected chi connectivity index (χ2v) is 6.04. The molecule has 2 aromatic rings. The maximum Gasteiger partial charge on any atom is 0.125 e. The number of rotatable bonds is 6. The number of nitrogens with zero attached hydrogens (tertiary/aromatic N) is 1. The zero-order valence-corrected chi connectivity index (χ0v) is 11.8. The van der Waals surface area contributed by atoms with E-state index in [4.69, 9.17) is 5.73 Å². The molecule has 0 aliphatic carbocycles. The van der Waals surface area contributed by atoms with E-state index in [0.29, 0.717) is 0 Å². The van der Waals surface area contributed by atoms with Crippen LogP contribution in [0.15, 0.2) is 30.5 Å². The Morgan fingerprint density at radius 3 is 2.74 bits per heavy atom. The Hall–Kier alpha value is -1.35. The van der Waals surface area contributed by atoms with Gasteiger partial charge >= 0.3 is 0 Å². The molecule has 2 N–H and O–H groups in total. The van der Waals surface area contributed by atoms with Gasteiger partial charge in [0.25, 0.3) is 0 Å².